The number of nitrogens with zero attached hydrogens (tertiary/aromatic N) is 5. The number of likely N-dealkylation sites (tertiary alicyclic amines) is 1. The molecule has 250 valence electrons. The predicted octanol–water partition coefficient (Wildman–Crippen LogP) is 1.07. The number of guanidine groups is 1. The first-order chi connectivity index (χ1) is 22.3. The van der Waals surface area contributed by atoms with Gasteiger partial charge in [0.25, 0.3) is 11.8 Å². The van der Waals surface area contributed by atoms with Crippen LogP contribution in [0.5, 0.6) is 0 Å². The summed E-state index contributed by atoms with van der Waals surface area (Å²) in [5.74, 6) is -1.02. The number of nitrogens with two attached hydrogens (primary N) is 2. The maximum Gasteiger partial charge on any atom is 0.280 e. The number of aliphatic imine (C=N–C) groups is 1. The quantitative estimate of drug-likeness (QED) is 0.333. The van der Waals surface area contributed by atoms with Crippen LogP contribution in [-0.4, -0.2) is 97.3 Å². The fourth-order valence-corrected chi connectivity index (χ4v) is 9.69. The third kappa shape index (κ3) is 6.44. The molecule has 4 aliphatic rings. The van der Waals surface area contributed by atoms with Crippen LogP contribution in [0, 0.1) is 0 Å². The third-order valence-electron chi connectivity index (χ3n) is 8.84. The molecule has 2 saturated heterocycles. The smallest absolute Gasteiger partial charge is 0.280 e. The lowest BCUT2D eigenvalue weighted by Gasteiger charge is -2.39. The van der Waals surface area contributed by atoms with Gasteiger partial charge in [0.1, 0.15) is 0 Å². The average Bonchev–Trinajstić information content (AvgIpc) is 3.72. The molecule has 1 spiro atoms. The molecule has 3 aliphatic heterocycles. The van der Waals surface area contributed by atoms with Crippen LogP contribution >= 0.6 is 11.6 Å². The zero-order valence-electron chi connectivity index (χ0n) is 25.2. The van der Waals surface area contributed by atoms with Crippen molar-refractivity contribution in [1.82, 2.24) is 29.8 Å². The topological polar surface area (TPSA) is 223 Å². The van der Waals surface area contributed by atoms with Crippen LogP contribution in [0.4, 0.5) is 11.6 Å². The van der Waals surface area contributed by atoms with Gasteiger partial charge >= 0.3 is 0 Å². The summed E-state index contributed by atoms with van der Waals surface area (Å²) in [4.78, 5) is 40.1. The summed E-state index contributed by atoms with van der Waals surface area (Å²) in [6, 6.07) is 5.84. The highest BCUT2D eigenvalue weighted by atomic mass is 35.5. The summed E-state index contributed by atoms with van der Waals surface area (Å²) < 4.78 is 54.5. The minimum atomic E-state index is -4.04. The number of benzene rings is 1. The number of allylic oxidation sites excluding steroid dienone is 3. The molecule has 0 saturated carbocycles. The monoisotopic (exact) mass is 703 g/mol. The SMILES string of the molecule is Nc1nc(N)c(C(=O)NC2=NCC3(CCN(C(=O)c4cccc(S(=O)(=O)N5CCC(S(=O)(=O)C6=CCCC=C6)C5)c4)CC3)N2)nc1Cl. The molecule has 1 unspecified atom stereocenters. The fourth-order valence-electron chi connectivity index (χ4n) is 6.11. The maximum absolute atomic E-state index is 13.6. The fraction of sp³-hybridized carbons (Fsp3) is 0.414. The van der Waals surface area contributed by atoms with Crippen molar-refractivity contribution in [3.05, 3.63) is 63.8 Å². The van der Waals surface area contributed by atoms with Gasteiger partial charge in [-0.2, -0.15) is 4.31 Å². The van der Waals surface area contributed by atoms with E-state index in [1.807, 2.05) is 6.08 Å². The lowest BCUT2D eigenvalue weighted by atomic mass is 9.88. The summed E-state index contributed by atoms with van der Waals surface area (Å²) in [6.07, 6.45) is 7.73. The third-order valence-corrected chi connectivity index (χ3v) is 13.2. The van der Waals surface area contributed by atoms with Crippen LogP contribution in [0.15, 0.2) is 57.3 Å². The van der Waals surface area contributed by atoms with Crippen molar-refractivity contribution in [2.24, 2.45) is 4.99 Å². The van der Waals surface area contributed by atoms with Crippen molar-refractivity contribution in [1.29, 1.82) is 0 Å². The van der Waals surface area contributed by atoms with Gasteiger partial charge in [0.05, 0.1) is 27.1 Å². The van der Waals surface area contributed by atoms with E-state index in [0.29, 0.717) is 38.9 Å². The van der Waals surface area contributed by atoms with Gasteiger partial charge in [0, 0.05) is 31.7 Å². The van der Waals surface area contributed by atoms with Gasteiger partial charge in [-0.25, -0.2) is 26.8 Å². The first-order valence-corrected chi connectivity index (χ1v) is 18.4. The van der Waals surface area contributed by atoms with Gasteiger partial charge in [-0.3, -0.25) is 19.9 Å². The molecule has 2 amide bonds. The Labute approximate surface area is 277 Å². The van der Waals surface area contributed by atoms with E-state index in [1.165, 1.54) is 22.5 Å². The van der Waals surface area contributed by atoms with Crippen LogP contribution in [0.3, 0.4) is 0 Å². The van der Waals surface area contributed by atoms with Crippen LogP contribution in [0.1, 0.15) is 53.0 Å². The highest BCUT2D eigenvalue weighted by molar-refractivity contribution is 7.96. The van der Waals surface area contributed by atoms with E-state index in [4.69, 9.17) is 23.1 Å². The van der Waals surface area contributed by atoms with Crippen LogP contribution in [-0.2, 0) is 19.9 Å². The van der Waals surface area contributed by atoms with E-state index >= 15 is 0 Å². The standard InChI is InChI=1S/C29H34ClN9O6S2/c30-23-25(32)35-24(31)22(34-23)26(40)36-28-33-17-29(37-28)10-13-38(14-11-29)27(41)18-5-4-8-20(15-18)47(44,45)39-12-9-21(16-39)46(42,43)19-6-2-1-3-7-19/h2,4-8,15,21H,1,3,9-14,16-17H2,(H4,31,32,35)(H2,33,36,37,40). The number of nitrogen functional groups attached to an aromatic ring is 2. The molecule has 2 aromatic rings. The number of carbonyl (C=O) groups is 2. The highest BCUT2D eigenvalue weighted by Crippen LogP contribution is 2.31. The Balaban J connectivity index is 1.06. The Bertz CT molecular complexity index is 1940. The van der Waals surface area contributed by atoms with Gasteiger partial charge in [0.2, 0.25) is 10.0 Å². The summed E-state index contributed by atoms with van der Waals surface area (Å²) >= 11 is 5.88. The number of sulfone groups is 1. The first-order valence-electron chi connectivity index (χ1n) is 15.0. The molecule has 2 fully saturated rings. The summed E-state index contributed by atoms with van der Waals surface area (Å²) in [5, 5.41) is 4.89. The minimum absolute atomic E-state index is 0.0642. The number of nitrogens with one attached hydrogen (secondary N) is 2. The summed E-state index contributed by atoms with van der Waals surface area (Å²) in [7, 11) is -7.70. The van der Waals surface area contributed by atoms with Crippen molar-refractivity contribution in [3.8, 4) is 0 Å². The molecule has 47 heavy (non-hydrogen) atoms. The Morgan fingerprint density at radius 1 is 1.04 bits per heavy atom. The Morgan fingerprint density at radius 2 is 1.81 bits per heavy atom. The second-order valence-corrected chi connectivity index (χ2v) is 16.4. The highest BCUT2D eigenvalue weighted by Gasteiger charge is 2.42. The van der Waals surface area contributed by atoms with Crippen molar-refractivity contribution >= 4 is 60.9 Å². The molecule has 18 heteroatoms. The molecule has 1 atom stereocenters. The van der Waals surface area contributed by atoms with E-state index in [0.717, 1.165) is 6.42 Å². The number of anilines is 2. The van der Waals surface area contributed by atoms with Gasteiger partial charge in [-0.15, -0.1) is 0 Å². The van der Waals surface area contributed by atoms with E-state index in [9.17, 15) is 26.4 Å². The molecule has 1 aromatic heterocycles. The van der Waals surface area contributed by atoms with Gasteiger partial charge < -0.3 is 21.7 Å². The zero-order valence-corrected chi connectivity index (χ0v) is 27.6. The molecule has 0 radical (unpaired) electrons. The second kappa shape index (κ2) is 12.5. The van der Waals surface area contributed by atoms with Crippen molar-refractivity contribution in [2.75, 3.05) is 44.2 Å². The van der Waals surface area contributed by atoms with Gasteiger partial charge in [0.15, 0.2) is 38.3 Å². The molecular weight excluding hydrogens is 670 g/mol. The Hall–Kier alpha value is -4.06. The lowest BCUT2D eigenvalue weighted by Crippen LogP contribution is -2.57. The number of amides is 2. The zero-order chi connectivity index (χ0) is 33.6. The Morgan fingerprint density at radius 3 is 2.53 bits per heavy atom. The van der Waals surface area contributed by atoms with E-state index < -0.39 is 36.6 Å². The molecule has 6 rings (SSSR count). The van der Waals surface area contributed by atoms with Gasteiger partial charge in [-0.1, -0.05) is 29.8 Å². The normalized spacial score (nSPS) is 21.3. The van der Waals surface area contributed by atoms with E-state index in [-0.39, 0.29) is 69.2 Å². The van der Waals surface area contributed by atoms with Crippen LogP contribution in [0.2, 0.25) is 5.15 Å². The number of aromatic nitrogens is 2. The first kappa shape index (κ1) is 32.9. The van der Waals surface area contributed by atoms with E-state index in [2.05, 4.69) is 25.6 Å². The van der Waals surface area contributed by atoms with Gasteiger partial charge in [-0.05, 0) is 56.4 Å². The largest absolute Gasteiger partial charge is 0.382 e. The van der Waals surface area contributed by atoms with E-state index in [1.54, 1.807) is 23.1 Å². The maximum atomic E-state index is 13.6. The number of rotatable bonds is 6. The van der Waals surface area contributed by atoms with Crippen LogP contribution in [0.25, 0.3) is 0 Å². The minimum Gasteiger partial charge on any atom is -0.382 e. The second-order valence-electron chi connectivity index (χ2n) is 11.9. The molecule has 6 N–H and O–H groups in total. The number of carbonyl (C=O) groups excluding carboxylic acids is 2. The number of hydrogen-bond donors (Lipinski definition) is 4. The van der Waals surface area contributed by atoms with Crippen molar-refractivity contribution in [2.45, 2.75) is 47.8 Å². The number of piperidine rings is 1. The van der Waals surface area contributed by atoms with Crippen molar-refractivity contribution < 1.29 is 26.4 Å². The van der Waals surface area contributed by atoms with Crippen LogP contribution < -0.4 is 22.1 Å². The average molecular weight is 704 g/mol. The summed E-state index contributed by atoms with van der Waals surface area (Å²) in [5.41, 5.74) is 10.9. The molecule has 0 bridgehead atoms. The summed E-state index contributed by atoms with van der Waals surface area (Å²) in [6.45, 7) is 1.01. The lowest BCUT2D eigenvalue weighted by molar-refractivity contribution is 0.0668. The molecular formula is C29H34ClN9O6S2. The predicted molar refractivity (Wildman–Crippen MR) is 176 cm³/mol. The molecule has 4 heterocycles. The number of halogens is 1. The molecule has 15 nitrogen and oxygen atoms in total. The van der Waals surface area contributed by atoms with Crippen molar-refractivity contribution in [3.63, 3.8) is 0 Å². The Kier molecular flexibility index (Phi) is 8.75. The number of hydrogen-bond acceptors (Lipinski definition) is 12. The molecule has 1 aliphatic carbocycles. The molecule has 1 aromatic carbocycles. The number of sulfonamides is 1.